The van der Waals surface area contributed by atoms with E-state index in [2.05, 4.69) is 15.9 Å². The average molecular weight is 283 g/mol. The molecule has 14 heavy (non-hydrogen) atoms. The lowest BCUT2D eigenvalue weighted by Crippen LogP contribution is -1.99. The number of carbonyl (C=O) groups is 1. The Morgan fingerprint density at radius 1 is 1.50 bits per heavy atom. The first kappa shape index (κ1) is 11.6. The summed E-state index contributed by atoms with van der Waals surface area (Å²) < 4.78 is 25.2. The maximum absolute atomic E-state index is 12.4. The summed E-state index contributed by atoms with van der Waals surface area (Å²) in [6, 6.07) is 2.59. The summed E-state index contributed by atoms with van der Waals surface area (Å²) >= 11 is 8.75. The predicted octanol–water partition coefficient (Wildman–Crippen LogP) is 4.24. The summed E-state index contributed by atoms with van der Waals surface area (Å²) in [6.07, 6.45) is -2.67. The van der Waals surface area contributed by atoms with Crippen LogP contribution in [0.5, 0.6) is 0 Å². The molecule has 0 spiro atoms. The Balaban J connectivity index is 3.41. The Bertz CT molecular complexity index is 379. The maximum Gasteiger partial charge on any atom is 0.265 e. The fourth-order valence-corrected chi connectivity index (χ4v) is 2.16. The van der Waals surface area contributed by atoms with E-state index in [-0.39, 0.29) is 21.9 Å². The Kier molecular flexibility index (Phi) is 3.61. The Hall–Kier alpha value is -0.480. The van der Waals surface area contributed by atoms with Crippen molar-refractivity contribution in [3.63, 3.8) is 0 Å². The topological polar surface area (TPSA) is 17.1 Å². The van der Waals surface area contributed by atoms with Gasteiger partial charge in [0.25, 0.3) is 6.43 Å². The predicted molar refractivity (Wildman–Crippen MR) is 54.1 cm³/mol. The summed E-state index contributed by atoms with van der Waals surface area (Å²) in [5.74, 6) is -0.343. The molecule has 0 aromatic heterocycles. The highest BCUT2D eigenvalue weighted by atomic mass is 79.9. The smallest absolute Gasteiger partial charge is 0.265 e. The van der Waals surface area contributed by atoms with Gasteiger partial charge in [-0.25, -0.2) is 8.78 Å². The van der Waals surface area contributed by atoms with E-state index >= 15 is 0 Å². The van der Waals surface area contributed by atoms with Gasteiger partial charge in [-0.3, -0.25) is 4.79 Å². The van der Waals surface area contributed by atoms with Crippen LogP contribution in [0.15, 0.2) is 16.6 Å². The SMILES string of the molecule is CC(=O)c1c(Br)ccc(C(F)F)c1Cl. The number of alkyl halides is 2. The molecule has 0 aliphatic rings. The van der Waals surface area contributed by atoms with Crippen LogP contribution >= 0.6 is 27.5 Å². The number of rotatable bonds is 2. The number of benzene rings is 1. The van der Waals surface area contributed by atoms with Gasteiger partial charge in [0.2, 0.25) is 0 Å². The molecular weight excluding hydrogens is 277 g/mol. The summed E-state index contributed by atoms with van der Waals surface area (Å²) in [5.41, 5.74) is -0.218. The molecule has 0 bridgehead atoms. The van der Waals surface area contributed by atoms with Gasteiger partial charge in [0.05, 0.1) is 10.6 Å². The molecular formula is C9H6BrClF2O. The van der Waals surface area contributed by atoms with Gasteiger partial charge >= 0.3 is 0 Å². The van der Waals surface area contributed by atoms with E-state index in [9.17, 15) is 13.6 Å². The first-order chi connectivity index (χ1) is 6.45. The van der Waals surface area contributed by atoms with Gasteiger partial charge in [-0.05, 0) is 28.9 Å². The quantitative estimate of drug-likeness (QED) is 0.742. The molecule has 0 aliphatic carbocycles. The molecule has 0 aliphatic heterocycles. The molecule has 0 atom stereocenters. The number of carbonyl (C=O) groups excluding carboxylic acids is 1. The minimum absolute atomic E-state index is 0.101. The van der Waals surface area contributed by atoms with Gasteiger partial charge < -0.3 is 0 Å². The molecule has 76 valence electrons. The van der Waals surface area contributed by atoms with Crippen molar-refractivity contribution in [1.82, 2.24) is 0 Å². The monoisotopic (exact) mass is 282 g/mol. The molecule has 0 heterocycles. The van der Waals surface area contributed by atoms with Gasteiger partial charge in [-0.2, -0.15) is 0 Å². The third-order valence-electron chi connectivity index (χ3n) is 1.71. The van der Waals surface area contributed by atoms with Crippen LogP contribution in [0.3, 0.4) is 0 Å². The molecule has 0 fully saturated rings. The first-order valence-corrected chi connectivity index (χ1v) is 4.89. The van der Waals surface area contributed by atoms with Crippen LogP contribution in [0.25, 0.3) is 0 Å². The van der Waals surface area contributed by atoms with Crippen LogP contribution in [0.2, 0.25) is 5.02 Å². The van der Waals surface area contributed by atoms with Crippen molar-refractivity contribution < 1.29 is 13.6 Å². The van der Waals surface area contributed by atoms with Crippen molar-refractivity contribution in [2.45, 2.75) is 13.3 Å². The largest absolute Gasteiger partial charge is 0.294 e. The van der Waals surface area contributed by atoms with E-state index < -0.39 is 6.43 Å². The lowest BCUT2D eigenvalue weighted by atomic mass is 10.1. The van der Waals surface area contributed by atoms with E-state index in [1.165, 1.54) is 19.1 Å². The third kappa shape index (κ3) is 2.12. The van der Waals surface area contributed by atoms with E-state index in [1.807, 2.05) is 0 Å². The third-order valence-corrected chi connectivity index (χ3v) is 2.78. The summed E-state index contributed by atoms with van der Waals surface area (Å²) in [4.78, 5) is 11.1. The van der Waals surface area contributed by atoms with Crippen LogP contribution in [0, 0.1) is 0 Å². The average Bonchev–Trinajstić information content (AvgIpc) is 2.02. The van der Waals surface area contributed by atoms with Gasteiger partial charge in [0.15, 0.2) is 5.78 Å². The fraction of sp³-hybridized carbons (Fsp3) is 0.222. The fourth-order valence-electron chi connectivity index (χ4n) is 1.06. The number of Topliss-reactive ketones (excluding diaryl/α,β-unsaturated/α-hetero) is 1. The minimum atomic E-state index is -2.67. The standard InChI is InChI=1S/C9H6BrClF2O/c1-4(14)7-6(10)3-2-5(8(7)11)9(12)13/h2-3,9H,1H3. The summed E-state index contributed by atoms with van der Waals surface area (Å²) in [6.45, 7) is 1.28. The molecule has 0 saturated carbocycles. The second-order valence-corrected chi connectivity index (χ2v) is 3.91. The summed E-state index contributed by atoms with van der Waals surface area (Å²) in [7, 11) is 0. The highest BCUT2D eigenvalue weighted by molar-refractivity contribution is 9.10. The molecule has 5 heteroatoms. The van der Waals surface area contributed by atoms with Crippen molar-refractivity contribution >= 4 is 33.3 Å². The number of halogens is 4. The zero-order valence-electron chi connectivity index (χ0n) is 7.15. The molecule has 1 rings (SSSR count). The van der Waals surface area contributed by atoms with Crippen LogP contribution in [0.1, 0.15) is 29.3 Å². The van der Waals surface area contributed by atoms with E-state index in [0.717, 1.165) is 0 Å². The summed E-state index contributed by atoms with van der Waals surface area (Å²) in [5, 5.41) is -0.179. The first-order valence-electron chi connectivity index (χ1n) is 3.72. The van der Waals surface area contributed by atoms with Crippen LogP contribution in [-0.2, 0) is 0 Å². The van der Waals surface area contributed by atoms with Crippen LogP contribution in [0.4, 0.5) is 8.78 Å². The Morgan fingerprint density at radius 3 is 2.50 bits per heavy atom. The maximum atomic E-state index is 12.4. The van der Waals surface area contributed by atoms with Crippen LogP contribution < -0.4 is 0 Å². The lowest BCUT2D eigenvalue weighted by Gasteiger charge is -2.08. The van der Waals surface area contributed by atoms with Crippen molar-refractivity contribution in [2.24, 2.45) is 0 Å². The second-order valence-electron chi connectivity index (χ2n) is 2.68. The van der Waals surface area contributed by atoms with E-state index in [4.69, 9.17) is 11.6 Å². The molecule has 0 saturated heterocycles. The normalized spacial score (nSPS) is 10.7. The number of hydrogen-bond acceptors (Lipinski definition) is 1. The molecule has 1 aromatic rings. The Labute approximate surface area is 93.2 Å². The van der Waals surface area contributed by atoms with Gasteiger partial charge in [-0.1, -0.05) is 17.7 Å². The van der Waals surface area contributed by atoms with Gasteiger partial charge in [0.1, 0.15) is 0 Å². The van der Waals surface area contributed by atoms with Crippen molar-refractivity contribution in [2.75, 3.05) is 0 Å². The highest BCUT2D eigenvalue weighted by Gasteiger charge is 2.19. The number of ketones is 1. The Morgan fingerprint density at radius 2 is 2.07 bits per heavy atom. The van der Waals surface area contributed by atoms with Crippen molar-refractivity contribution in [1.29, 1.82) is 0 Å². The zero-order valence-corrected chi connectivity index (χ0v) is 9.49. The minimum Gasteiger partial charge on any atom is -0.294 e. The molecule has 0 N–H and O–H groups in total. The molecule has 0 unspecified atom stereocenters. The van der Waals surface area contributed by atoms with Crippen LogP contribution in [-0.4, -0.2) is 5.78 Å². The molecule has 1 aromatic carbocycles. The van der Waals surface area contributed by atoms with Gasteiger partial charge in [0, 0.05) is 10.0 Å². The van der Waals surface area contributed by atoms with E-state index in [1.54, 1.807) is 0 Å². The van der Waals surface area contributed by atoms with E-state index in [0.29, 0.717) is 4.47 Å². The second kappa shape index (κ2) is 4.36. The van der Waals surface area contributed by atoms with Crippen molar-refractivity contribution in [3.8, 4) is 0 Å². The number of hydrogen-bond donors (Lipinski definition) is 0. The zero-order chi connectivity index (χ0) is 10.9. The molecule has 1 nitrogen and oxygen atoms in total. The molecule has 0 radical (unpaired) electrons. The molecule has 0 amide bonds. The lowest BCUT2D eigenvalue weighted by molar-refractivity contribution is 0.101. The van der Waals surface area contributed by atoms with Crippen molar-refractivity contribution in [3.05, 3.63) is 32.8 Å². The van der Waals surface area contributed by atoms with Gasteiger partial charge in [-0.15, -0.1) is 0 Å². The highest BCUT2D eigenvalue weighted by Crippen LogP contribution is 2.34.